The van der Waals surface area contributed by atoms with Crippen LogP contribution >= 0.6 is 0 Å². The molecule has 0 heterocycles. The zero-order chi connectivity index (χ0) is 8.97. The lowest BCUT2D eigenvalue weighted by molar-refractivity contribution is 0.105. The number of benzene rings is 1. The first-order valence-corrected chi connectivity index (χ1v) is 3.52. The van der Waals surface area contributed by atoms with Crippen molar-refractivity contribution < 1.29 is 10.0 Å². The maximum atomic E-state index is 11.2. The van der Waals surface area contributed by atoms with E-state index in [-0.39, 0.29) is 11.5 Å². The molecule has 0 bridgehead atoms. The Morgan fingerprint density at radius 3 is 2.33 bits per heavy atom. The van der Waals surface area contributed by atoms with Gasteiger partial charge in [-0.05, 0) is 12.1 Å². The Labute approximate surface area is 70.3 Å². The molecule has 3 heteroatoms. The monoisotopic (exact) mass is 162 g/mol. The first-order chi connectivity index (χ1) is 5.75. The first kappa shape index (κ1) is 8.46. The summed E-state index contributed by atoms with van der Waals surface area (Å²) in [6.07, 6.45) is 0. The summed E-state index contributed by atoms with van der Waals surface area (Å²) in [5.74, 6) is -0.314. The molecule has 1 rings (SSSR count). The minimum Gasteiger partial charge on any atom is -0.287 e. The van der Waals surface area contributed by atoms with Gasteiger partial charge in [0, 0.05) is 5.56 Å². The van der Waals surface area contributed by atoms with Gasteiger partial charge < -0.3 is 0 Å². The van der Waals surface area contributed by atoms with Gasteiger partial charge in [0.1, 0.15) is 5.71 Å². The van der Waals surface area contributed by atoms with E-state index >= 15 is 0 Å². The molecule has 0 spiro atoms. The highest BCUT2D eigenvalue weighted by Crippen LogP contribution is 2.00. The summed E-state index contributed by atoms with van der Waals surface area (Å²) < 4.78 is 0. The summed E-state index contributed by atoms with van der Waals surface area (Å²) in [7, 11) is 0. The van der Waals surface area contributed by atoms with Crippen molar-refractivity contribution >= 4 is 11.5 Å². The van der Waals surface area contributed by atoms with Crippen LogP contribution in [0.25, 0.3) is 0 Å². The van der Waals surface area contributed by atoms with E-state index in [1.165, 1.54) is 6.92 Å². The molecule has 1 aromatic rings. The van der Waals surface area contributed by atoms with Crippen molar-refractivity contribution in [2.75, 3.05) is 0 Å². The minimum absolute atomic E-state index is 0.0128. The number of carbonyl (C=O) groups is 1. The summed E-state index contributed by atoms with van der Waals surface area (Å²) in [4.78, 5) is 11.2. The summed E-state index contributed by atoms with van der Waals surface area (Å²) in [6, 6.07) is 8.59. The van der Waals surface area contributed by atoms with Crippen LogP contribution in [0.4, 0.5) is 0 Å². The number of Topliss-reactive ketones (excluding diaryl/α,β-unsaturated/α-hetero) is 1. The number of carbonyl (C=O) groups excluding carboxylic acids is 1. The lowest BCUT2D eigenvalue weighted by Crippen LogP contribution is -2.09. The Balaban J connectivity index is 2.94. The third-order valence-electron chi connectivity index (χ3n) is 1.50. The quantitative estimate of drug-likeness (QED) is 0.370. The second-order valence-corrected chi connectivity index (χ2v) is 2.37. The van der Waals surface area contributed by atoms with Crippen LogP contribution in [0.2, 0.25) is 0 Å². The minimum atomic E-state index is -0.314. The van der Waals surface area contributed by atoms with Crippen LogP contribution < -0.4 is 0 Å². The van der Waals surface area contributed by atoms with Gasteiger partial charge in [0.2, 0.25) is 5.78 Å². The van der Waals surface area contributed by atoms with Crippen LogP contribution in [-0.4, -0.2) is 11.5 Å². The van der Waals surface area contributed by atoms with Crippen molar-refractivity contribution in [2.45, 2.75) is 6.92 Å². The summed E-state index contributed by atoms with van der Waals surface area (Å²) in [6.45, 7) is 1.41. The molecular formula is C9H8NO2. The highest BCUT2D eigenvalue weighted by molar-refractivity contribution is 6.45. The van der Waals surface area contributed by atoms with Gasteiger partial charge in [0.15, 0.2) is 0 Å². The van der Waals surface area contributed by atoms with Crippen molar-refractivity contribution in [3.63, 3.8) is 0 Å². The molecular weight excluding hydrogens is 154 g/mol. The Kier molecular flexibility index (Phi) is 2.58. The fraction of sp³-hybridized carbons (Fsp3) is 0.111. The third-order valence-corrected chi connectivity index (χ3v) is 1.50. The molecule has 0 unspecified atom stereocenters. The number of hydrogen-bond donors (Lipinski definition) is 0. The van der Waals surface area contributed by atoms with Crippen molar-refractivity contribution in [1.82, 2.24) is 0 Å². The molecule has 0 saturated carbocycles. The molecule has 0 aromatic heterocycles. The number of rotatable bonds is 2. The molecule has 0 aliphatic rings. The molecule has 0 fully saturated rings. The molecule has 1 aromatic carbocycles. The van der Waals surface area contributed by atoms with Crippen molar-refractivity contribution in [1.29, 1.82) is 0 Å². The van der Waals surface area contributed by atoms with E-state index in [1.54, 1.807) is 30.3 Å². The molecule has 0 aliphatic heterocycles. The molecule has 0 N–H and O–H groups in total. The van der Waals surface area contributed by atoms with Gasteiger partial charge in [0.05, 0.1) is 0 Å². The summed E-state index contributed by atoms with van der Waals surface area (Å²) in [5, 5.41) is 12.6. The van der Waals surface area contributed by atoms with E-state index in [0.29, 0.717) is 5.56 Å². The van der Waals surface area contributed by atoms with Gasteiger partial charge >= 0.3 is 0 Å². The second-order valence-electron chi connectivity index (χ2n) is 2.37. The summed E-state index contributed by atoms with van der Waals surface area (Å²) >= 11 is 0. The smallest absolute Gasteiger partial charge is 0.210 e. The van der Waals surface area contributed by atoms with Crippen LogP contribution in [0.15, 0.2) is 35.5 Å². The van der Waals surface area contributed by atoms with Crippen LogP contribution in [0.5, 0.6) is 0 Å². The lowest BCUT2D eigenvalue weighted by Gasteiger charge is -1.95. The molecule has 0 saturated heterocycles. The zero-order valence-corrected chi connectivity index (χ0v) is 6.65. The maximum Gasteiger partial charge on any atom is 0.210 e. The third kappa shape index (κ3) is 1.69. The van der Waals surface area contributed by atoms with Crippen molar-refractivity contribution in [2.24, 2.45) is 5.16 Å². The van der Waals surface area contributed by atoms with Crippen LogP contribution in [0.1, 0.15) is 17.3 Å². The molecule has 12 heavy (non-hydrogen) atoms. The van der Waals surface area contributed by atoms with Gasteiger partial charge in [-0.2, -0.15) is 0 Å². The second kappa shape index (κ2) is 3.67. The van der Waals surface area contributed by atoms with Crippen LogP contribution in [0.3, 0.4) is 0 Å². The topological polar surface area (TPSA) is 49.3 Å². The number of hydrogen-bond acceptors (Lipinski definition) is 2. The van der Waals surface area contributed by atoms with Gasteiger partial charge in [-0.3, -0.25) is 4.79 Å². The van der Waals surface area contributed by atoms with E-state index in [2.05, 4.69) is 5.16 Å². The van der Waals surface area contributed by atoms with E-state index in [0.717, 1.165) is 0 Å². The highest BCUT2D eigenvalue weighted by Gasteiger charge is 2.08. The van der Waals surface area contributed by atoms with E-state index in [1.807, 2.05) is 0 Å². The van der Waals surface area contributed by atoms with E-state index in [9.17, 15) is 10.0 Å². The van der Waals surface area contributed by atoms with Gasteiger partial charge in [-0.15, -0.1) is 5.21 Å². The standard InChI is InChI=1S/C9H8NO2/c1-7(10-12)9(11)8-5-3-2-4-6-8/h2-6H,1H3. The highest BCUT2D eigenvalue weighted by atomic mass is 16.4. The predicted octanol–water partition coefficient (Wildman–Crippen LogP) is 1.68. The molecule has 1 radical (unpaired) electrons. The number of nitrogens with zero attached hydrogens (tertiary/aromatic N) is 1. The van der Waals surface area contributed by atoms with E-state index in [4.69, 9.17) is 0 Å². The van der Waals surface area contributed by atoms with Crippen molar-refractivity contribution in [3.8, 4) is 0 Å². The summed E-state index contributed by atoms with van der Waals surface area (Å²) in [5.41, 5.74) is 0.482. The fourth-order valence-electron chi connectivity index (χ4n) is 0.840. The van der Waals surface area contributed by atoms with Crippen LogP contribution in [-0.2, 0) is 5.21 Å². The largest absolute Gasteiger partial charge is 0.287 e. The normalized spacial score (nSPS) is 11.2. The number of ketones is 1. The average Bonchev–Trinajstić information content (AvgIpc) is 2.17. The SMILES string of the molecule is CC(=N[O])C(=O)c1ccccc1. The lowest BCUT2D eigenvalue weighted by atomic mass is 10.1. The molecule has 0 atom stereocenters. The fourth-order valence-corrected chi connectivity index (χ4v) is 0.840. The Morgan fingerprint density at radius 2 is 1.83 bits per heavy atom. The maximum absolute atomic E-state index is 11.2. The molecule has 0 amide bonds. The van der Waals surface area contributed by atoms with Crippen molar-refractivity contribution in [3.05, 3.63) is 35.9 Å². The van der Waals surface area contributed by atoms with Gasteiger partial charge in [-0.1, -0.05) is 30.3 Å². The molecule has 0 aliphatic carbocycles. The average molecular weight is 162 g/mol. The Hall–Kier alpha value is -1.64. The predicted molar refractivity (Wildman–Crippen MR) is 44.6 cm³/mol. The Morgan fingerprint density at radius 1 is 1.25 bits per heavy atom. The molecule has 61 valence electrons. The zero-order valence-electron chi connectivity index (χ0n) is 6.65. The van der Waals surface area contributed by atoms with E-state index < -0.39 is 0 Å². The first-order valence-electron chi connectivity index (χ1n) is 3.52. The van der Waals surface area contributed by atoms with Gasteiger partial charge in [0.25, 0.3) is 0 Å². The van der Waals surface area contributed by atoms with Crippen LogP contribution in [0, 0.1) is 0 Å². The molecule has 3 nitrogen and oxygen atoms in total. The Bertz CT molecular complexity index is 304. The van der Waals surface area contributed by atoms with Gasteiger partial charge in [-0.25, -0.2) is 0 Å².